The second kappa shape index (κ2) is 9.27. The summed E-state index contributed by atoms with van der Waals surface area (Å²) in [5.41, 5.74) is 7.36. The Morgan fingerprint density at radius 1 is 1.09 bits per heavy atom. The molecule has 1 aromatic heterocycles. The molecule has 4 rings (SSSR count). The molecule has 0 spiro atoms. The number of para-hydroxylation sites is 1. The van der Waals surface area contributed by atoms with Crippen LogP contribution < -0.4 is 21.3 Å². The summed E-state index contributed by atoms with van der Waals surface area (Å²) in [5, 5.41) is 17.3. The third-order valence-electron chi connectivity index (χ3n) is 4.91. The lowest BCUT2D eigenvalue weighted by Crippen LogP contribution is -2.36. The number of carbonyl (C=O) groups is 1. The number of nitrogens with two attached hydrogens (primary N) is 1. The van der Waals surface area contributed by atoms with Crippen LogP contribution in [0.1, 0.15) is 10.4 Å². The maximum absolute atomic E-state index is 11.7. The Hall–Kier alpha value is -4.25. The number of rotatable bonds is 7. The SMILES string of the molecule is NC(=O)c1ccccc1Nc1nc(Nc2ccc(N3CCOCC3)cc2)ncc1[N+](=O)[O-]. The van der Waals surface area contributed by atoms with E-state index in [9.17, 15) is 14.9 Å². The Morgan fingerprint density at radius 2 is 1.81 bits per heavy atom. The number of benzene rings is 2. The summed E-state index contributed by atoms with van der Waals surface area (Å²) in [6.07, 6.45) is 1.10. The van der Waals surface area contributed by atoms with Crippen LogP contribution in [0.5, 0.6) is 0 Å². The minimum absolute atomic E-state index is 0.0638. The molecule has 2 heterocycles. The molecule has 1 amide bonds. The van der Waals surface area contributed by atoms with Crippen LogP contribution in [0, 0.1) is 10.1 Å². The fourth-order valence-electron chi connectivity index (χ4n) is 3.30. The molecule has 0 atom stereocenters. The number of aromatic nitrogens is 2. The third-order valence-corrected chi connectivity index (χ3v) is 4.91. The highest BCUT2D eigenvalue weighted by Gasteiger charge is 2.20. The number of morpholine rings is 1. The van der Waals surface area contributed by atoms with Crippen molar-refractivity contribution in [2.45, 2.75) is 0 Å². The number of primary amides is 1. The lowest BCUT2D eigenvalue weighted by atomic mass is 10.1. The molecule has 11 nitrogen and oxygen atoms in total. The van der Waals surface area contributed by atoms with E-state index in [2.05, 4.69) is 25.5 Å². The van der Waals surface area contributed by atoms with Crippen LogP contribution in [0.4, 0.5) is 34.5 Å². The third kappa shape index (κ3) is 4.73. The van der Waals surface area contributed by atoms with Crippen LogP contribution in [0.2, 0.25) is 0 Å². The van der Waals surface area contributed by atoms with Gasteiger partial charge in [-0.25, -0.2) is 4.98 Å². The molecule has 0 radical (unpaired) electrons. The smallest absolute Gasteiger partial charge is 0.329 e. The van der Waals surface area contributed by atoms with E-state index in [1.807, 2.05) is 24.3 Å². The van der Waals surface area contributed by atoms with Crippen molar-refractivity contribution in [3.05, 3.63) is 70.4 Å². The monoisotopic (exact) mass is 435 g/mol. The van der Waals surface area contributed by atoms with Gasteiger partial charge in [-0.2, -0.15) is 4.98 Å². The van der Waals surface area contributed by atoms with E-state index in [0.29, 0.717) is 18.9 Å². The van der Waals surface area contributed by atoms with Gasteiger partial charge in [-0.15, -0.1) is 0 Å². The van der Waals surface area contributed by atoms with Crippen molar-refractivity contribution in [2.75, 3.05) is 41.8 Å². The number of amides is 1. The number of hydrogen-bond donors (Lipinski definition) is 3. The van der Waals surface area contributed by atoms with Crippen LogP contribution in [0.15, 0.2) is 54.7 Å². The highest BCUT2D eigenvalue weighted by molar-refractivity contribution is 5.99. The van der Waals surface area contributed by atoms with Crippen molar-refractivity contribution in [3.63, 3.8) is 0 Å². The number of nitrogens with zero attached hydrogens (tertiary/aromatic N) is 4. The quantitative estimate of drug-likeness (QED) is 0.376. The standard InChI is InChI=1S/C21H21N7O4/c22-19(29)16-3-1-2-4-17(16)25-20-18(28(30)31)13-23-21(26-20)24-14-5-7-15(8-6-14)27-9-11-32-12-10-27/h1-8,13H,9-12H2,(H2,22,29)(H2,23,24,25,26). The molecule has 3 aromatic rings. The average molecular weight is 435 g/mol. The Balaban J connectivity index is 1.57. The van der Waals surface area contributed by atoms with E-state index in [4.69, 9.17) is 10.5 Å². The summed E-state index contributed by atoms with van der Waals surface area (Å²) in [4.78, 5) is 33.0. The van der Waals surface area contributed by atoms with Crippen molar-refractivity contribution >= 4 is 40.4 Å². The normalized spacial score (nSPS) is 13.4. The molecular weight excluding hydrogens is 414 g/mol. The molecule has 0 unspecified atom stereocenters. The molecule has 1 fully saturated rings. The topological polar surface area (TPSA) is 149 Å². The lowest BCUT2D eigenvalue weighted by Gasteiger charge is -2.28. The molecule has 1 saturated heterocycles. The van der Waals surface area contributed by atoms with Crippen molar-refractivity contribution in [1.82, 2.24) is 9.97 Å². The number of anilines is 5. The number of hydrogen-bond acceptors (Lipinski definition) is 9. The Labute approximate surface area is 183 Å². The first kappa shape index (κ1) is 21.0. The Kier molecular flexibility index (Phi) is 6.08. The first-order chi connectivity index (χ1) is 15.5. The number of ether oxygens (including phenoxy) is 1. The van der Waals surface area contributed by atoms with Gasteiger partial charge in [0.1, 0.15) is 6.20 Å². The minimum atomic E-state index is -0.663. The molecule has 0 saturated carbocycles. The van der Waals surface area contributed by atoms with Gasteiger partial charge in [-0.05, 0) is 36.4 Å². The van der Waals surface area contributed by atoms with Gasteiger partial charge in [0.2, 0.25) is 11.8 Å². The molecule has 164 valence electrons. The van der Waals surface area contributed by atoms with Crippen LogP contribution in [-0.4, -0.2) is 47.1 Å². The highest BCUT2D eigenvalue weighted by atomic mass is 16.6. The van der Waals surface area contributed by atoms with Crippen molar-refractivity contribution in [1.29, 1.82) is 0 Å². The summed E-state index contributed by atoms with van der Waals surface area (Å²) in [7, 11) is 0. The summed E-state index contributed by atoms with van der Waals surface area (Å²) >= 11 is 0. The van der Waals surface area contributed by atoms with Gasteiger partial charge in [0.05, 0.1) is 29.4 Å². The van der Waals surface area contributed by atoms with Gasteiger partial charge in [0, 0.05) is 24.5 Å². The number of nitrogens with one attached hydrogen (secondary N) is 2. The summed E-state index contributed by atoms with van der Waals surface area (Å²) in [5.74, 6) is -0.566. The molecule has 11 heteroatoms. The zero-order chi connectivity index (χ0) is 22.5. The molecule has 32 heavy (non-hydrogen) atoms. The largest absolute Gasteiger partial charge is 0.378 e. The average Bonchev–Trinajstić information content (AvgIpc) is 2.80. The van der Waals surface area contributed by atoms with E-state index < -0.39 is 10.8 Å². The zero-order valence-corrected chi connectivity index (χ0v) is 17.0. The van der Waals surface area contributed by atoms with E-state index in [-0.39, 0.29) is 23.0 Å². The van der Waals surface area contributed by atoms with Gasteiger partial charge in [-0.3, -0.25) is 14.9 Å². The first-order valence-electron chi connectivity index (χ1n) is 9.88. The number of nitro groups is 1. The van der Waals surface area contributed by atoms with Crippen LogP contribution in [0.3, 0.4) is 0 Å². The van der Waals surface area contributed by atoms with Crippen LogP contribution in [0.25, 0.3) is 0 Å². The predicted molar refractivity (Wildman–Crippen MR) is 120 cm³/mol. The maximum Gasteiger partial charge on any atom is 0.329 e. The van der Waals surface area contributed by atoms with Gasteiger partial charge in [0.15, 0.2) is 0 Å². The fraction of sp³-hybridized carbons (Fsp3) is 0.190. The van der Waals surface area contributed by atoms with Gasteiger partial charge in [-0.1, -0.05) is 12.1 Å². The van der Waals surface area contributed by atoms with Gasteiger partial charge >= 0.3 is 5.69 Å². The summed E-state index contributed by atoms with van der Waals surface area (Å²) < 4.78 is 5.37. The molecule has 2 aromatic carbocycles. The zero-order valence-electron chi connectivity index (χ0n) is 17.0. The Morgan fingerprint density at radius 3 is 2.50 bits per heavy atom. The van der Waals surface area contributed by atoms with E-state index in [1.54, 1.807) is 18.2 Å². The lowest BCUT2D eigenvalue weighted by molar-refractivity contribution is -0.384. The second-order valence-electron chi connectivity index (χ2n) is 6.99. The Bertz CT molecular complexity index is 1130. The van der Waals surface area contributed by atoms with Crippen molar-refractivity contribution < 1.29 is 14.5 Å². The molecule has 0 aliphatic carbocycles. The first-order valence-corrected chi connectivity index (χ1v) is 9.88. The fourth-order valence-corrected chi connectivity index (χ4v) is 3.30. The molecule has 0 bridgehead atoms. The molecular formula is C21H21N7O4. The van der Waals surface area contributed by atoms with Crippen LogP contribution >= 0.6 is 0 Å². The second-order valence-corrected chi connectivity index (χ2v) is 6.99. The van der Waals surface area contributed by atoms with E-state index in [1.165, 1.54) is 6.07 Å². The highest BCUT2D eigenvalue weighted by Crippen LogP contribution is 2.28. The minimum Gasteiger partial charge on any atom is -0.378 e. The summed E-state index contributed by atoms with van der Waals surface area (Å²) in [6, 6.07) is 14.1. The summed E-state index contributed by atoms with van der Waals surface area (Å²) in [6.45, 7) is 3.07. The van der Waals surface area contributed by atoms with Crippen LogP contribution in [-0.2, 0) is 4.74 Å². The van der Waals surface area contributed by atoms with Gasteiger partial charge < -0.3 is 26.0 Å². The van der Waals surface area contributed by atoms with Gasteiger partial charge in [0.25, 0.3) is 5.91 Å². The van der Waals surface area contributed by atoms with Crippen molar-refractivity contribution in [3.8, 4) is 0 Å². The van der Waals surface area contributed by atoms with E-state index in [0.717, 1.165) is 30.7 Å². The molecule has 1 aliphatic heterocycles. The predicted octanol–water partition coefficient (Wildman–Crippen LogP) is 2.81. The molecule has 4 N–H and O–H groups in total. The van der Waals surface area contributed by atoms with E-state index >= 15 is 0 Å². The maximum atomic E-state index is 11.7. The molecule has 1 aliphatic rings. The number of carbonyl (C=O) groups excluding carboxylic acids is 1. The van der Waals surface area contributed by atoms with Crippen molar-refractivity contribution in [2.24, 2.45) is 5.73 Å².